The Kier molecular flexibility index (Phi) is 14.9. The van der Waals surface area contributed by atoms with Gasteiger partial charge in [0.15, 0.2) is 12.6 Å². The van der Waals surface area contributed by atoms with E-state index >= 15 is 0 Å². The van der Waals surface area contributed by atoms with Crippen LogP contribution in [-0.2, 0) is 38.0 Å². The Labute approximate surface area is 266 Å². The third kappa shape index (κ3) is 9.02. The first-order valence-electron chi connectivity index (χ1n) is 14.6. The molecule has 0 saturated carbocycles. The minimum atomic E-state index is -2.76. The molecule has 0 aromatic heterocycles. The van der Waals surface area contributed by atoms with Gasteiger partial charge < -0.3 is 89.3 Å². The van der Waals surface area contributed by atoms with Crippen LogP contribution >= 0.6 is 0 Å². The van der Waals surface area contributed by atoms with E-state index in [0.29, 0.717) is 0 Å². The first-order chi connectivity index (χ1) is 22.3. The molecule has 3 heterocycles. The third-order valence-corrected chi connectivity index (χ3v) is 8.03. The fourth-order valence-corrected chi connectivity index (χ4v) is 5.40. The highest BCUT2D eigenvalue weighted by Crippen LogP contribution is 2.36. The van der Waals surface area contributed by atoms with Crippen molar-refractivity contribution in [3.8, 4) is 0 Å². The molecule has 0 spiro atoms. The first-order valence-corrected chi connectivity index (χ1v) is 14.6. The number of carboxylic acid groups (broad SMARTS) is 1. The molecule has 22 heteroatoms. The van der Waals surface area contributed by atoms with Gasteiger partial charge in [0.1, 0.15) is 73.2 Å². The van der Waals surface area contributed by atoms with Crippen molar-refractivity contribution in [3.05, 3.63) is 10.4 Å². The van der Waals surface area contributed by atoms with Crippen LogP contribution < -0.4 is 0 Å². The molecule has 0 aromatic carbocycles. The maximum Gasteiger partial charge on any atom is 0.364 e. The van der Waals surface area contributed by atoms with Crippen molar-refractivity contribution < 1.29 is 94.1 Å². The van der Waals surface area contributed by atoms with Crippen LogP contribution in [0.15, 0.2) is 5.11 Å². The van der Waals surface area contributed by atoms with E-state index in [1.807, 2.05) is 0 Å². The van der Waals surface area contributed by atoms with Crippen LogP contribution in [0.1, 0.15) is 12.8 Å². The Bertz CT molecular complexity index is 1040. The van der Waals surface area contributed by atoms with E-state index in [-0.39, 0.29) is 19.6 Å². The number of azide groups is 1. The number of methoxy groups -OCH3 is 1. The number of aliphatic hydroxyl groups excluding tert-OH is 10. The molecule has 0 bridgehead atoms. The molecular formula is C25H43N3O19. The molecule has 3 aliphatic heterocycles. The first kappa shape index (κ1) is 39.5. The fourth-order valence-electron chi connectivity index (χ4n) is 5.40. The van der Waals surface area contributed by atoms with Crippen molar-refractivity contribution in [2.24, 2.45) is 5.11 Å². The van der Waals surface area contributed by atoms with Gasteiger partial charge in [-0.05, 0) is 12.0 Å². The summed E-state index contributed by atoms with van der Waals surface area (Å²) in [5.74, 6) is -4.58. The van der Waals surface area contributed by atoms with Gasteiger partial charge >= 0.3 is 5.97 Å². The standard InChI is InChI=1S/C25H43N3O19/c1-41-19-9(31)5-25(24(39)40,47-21(19)13(33)10(32)6-29)43-8-12-14(34)15(35)17(37)23(45-12)46-20-11(7-30)44-22(18(38)16(20)36)42-4-2-3-27-28-26/h9-23,29-38H,2-8H2,1H3,(H,39,40)/t9-,10+,11+,12+,13+,14-,15-,16+,17+,18+,19+,20+,21-,22+,23-,25+/m0/s1. The van der Waals surface area contributed by atoms with Crippen LogP contribution in [0.4, 0.5) is 0 Å². The lowest BCUT2D eigenvalue weighted by molar-refractivity contribution is -0.369. The van der Waals surface area contributed by atoms with E-state index < -0.39 is 130 Å². The third-order valence-electron chi connectivity index (χ3n) is 8.03. The molecule has 0 radical (unpaired) electrons. The van der Waals surface area contributed by atoms with Gasteiger partial charge in [0.2, 0.25) is 0 Å². The van der Waals surface area contributed by atoms with Crippen LogP contribution in [-0.4, -0.2) is 200 Å². The number of ether oxygens (including phenoxy) is 7. The van der Waals surface area contributed by atoms with Crippen molar-refractivity contribution in [2.75, 3.05) is 40.1 Å². The zero-order valence-corrected chi connectivity index (χ0v) is 25.1. The van der Waals surface area contributed by atoms with Crippen LogP contribution in [0.25, 0.3) is 10.4 Å². The summed E-state index contributed by atoms with van der Waals surface area (Å²) in [6.45, 7) is -2.65. The number of carboxylic acids is 1. The van der Waals surface area contributed by atoms with E-state index in [4.69, 9.17) is 38.7 Å². The van der Waals surface area contributed by atoms with Crippen molar-refractivity contribution in [3.63, 3.8) is 0 Å². The maximum absolute atomic E-state index is 12.4. The van der Waals surface area contributed by atoms with Gasteiger partial charge in [-0.1, -0.05) is 5.11 Å². The van der Waals surface area contributed by atoms with Gasteiger partial charge in [-0.15, -0.1) is 0 Å². The van der Waals surface area contributed by atoms with Crippen molar-refractivity contribution in [1.29, 1.82) is 0 Å². The second-order valence-electron chi connectivity index (χ2n) is 11.2. The van der Waals surface area contributed by atoms with Gasteiger partial charge in [-0.3, -0.25) is 0 Å². The van der Waals surface area contributed by atoms with Crippen LogP contribution in [0.2, 0.25) is 0 Å². The molecule has 22 nitrogen and oxygen atoms in total. The lowest BCUT2D eigenvalue weighted by Gasteiger charge is -2.47. The smallest absolute Gasteiger partial charge is 0.364 e. The van der Waals surface area contributed by atoms with Crippen LogP contribution in [0.5, 0.6) is 0 Å². The molecule has 3 aliphatic rings. The number of hydrogen-bond acceptors (Lipinski definition) is 19. The SMILES string of the molecule is CO[C@H]1[C@H]([C@H](O)[C@H](O)CO)O[C@@](OC[C@H]2O[C@@H](O[C@H]3[C@H](O)[C@@H](O)[C@H](OCCCN=[N+]=[N-])O[C@@H]3CO)[C@H](O)[C@@H](O)[C@H]2O)(C(=O)O)C[C@@H]1O. The van der Waals surface area contributed by atoms with E-state index in [2.05, 4.69) is 10.0 Å². The summed E-state index contributed by atoms with van der Waals surface area (Å²) >= 11 is 0. The van der Waals surface area contributed by atoms with Crippen molar-refractivity contribution in [1.82, 2.24) is 0 Å². The van der Waals surface area contributed by atoms with Crippen LogP contribution in [0.3, 0.4) is 0 Å². The molecule has 11 N–H and O–H groups in total. The summed E-state index contributed by atoms with van der Waals surface area (Å²) in [6.07, 6.45) is -26.7. The van der Waals surface area contributed by atoms with Crippen molar-refractivity contribution >= 4 is 5.97 Å². The lowest BCUT2D eigenvalue weighted by atomic mass is 9.90. The monoisotopic (exact) mass is 689 g/mol. The molecule has 3 rings (SSSR count). The molecule has 3 fully saturated rings. The molecule has 272 valence electrons. The highest BCUT2D eigenvalue weighted by molar-refractivity contribution is 5.76. The molecule has 0 amide bonds. The number of aliphatic hydroxyl groups is 10. The van der Waals surface area contributed by atoms with E-state index in [9.17, 15) is 61.0 Å². The average molecular weight is 690 g/mol. The second-order valence-corrected chi connectivity index (χ2v) is 11.2. The van der Waals surface area contributed by atoms with Gasteiger partial charge in [0.05, 0.1) is 25.9 Å². The summed E-state index contributed by atoms with van der Waals surface area (Å²) in [5, 5.41) is 116. The molecule has 16 atom stereocenters. The predicted octanol–water partition coefficient (Wildman–Crippen LogP) is -5.99. The second kappa shape index (κ2) is 17.7. The minimum Gasteiger partial charge on any atom is -0.477 e. The number of aliphatic carboxylic acids is 1. The van der Waals surface area contributed by atoms with Crippen LogP contribution in [0, 0.1) is 0 Å². The largest absolute Gasteiger partial charge is 0.477 e. The zero-order chi connectivity index (χ0) is 35.1. The Balaban J connectivity index is 1.74. The molecule has 47 heavy (non-hydrogen) atoms. The number of nitrogens with zero attached hydrogens (tertiary/aromatic N) is 3. The van der Waals surface area contributed by atoms with E-state index in [0.717, 1.165) is 7.11 Å². The number of hydrogen-bond donors (Lipinski definition) is 11. The van der Waals surface area contributed by atoms with Gasteiger partial charge in [-0.2, -0.15) is 0 Å². The Hall–Kier alpha value is -1.90. The maximum atomic E-state index is 12.4. The molecular weight excluding hydrogens is 646 g/mol. The average Bonchev–Trinajstić information content (AvgIpc) is 3.05. The quantitative estimate of drug-likeness (QED) is 0.0311. The zero-order valence-electron chi connectivity index (χ0n) is 25.1. The minimum absolute atomic E-state index is 0.0558. The topological polar surface area (TPSA) is 353 Å². The van der Waals surface area contributed by atoms with Gasteiger partial charge in [0.25, 0.3) is 5.79 Å². The summed E-state index contributed by atoms with van der Waals surface area (Å²) in [5.41, 5.74) is 8.34. The summed E-state index contributed by atoms with van der Waals surface area (Å²) in [6, 6.07) is 0. The van der Waals surface area contributed by atoms with Gasteiger partial charge in [0, 0.05) is 31.6 Å². The summed E-state index contributed by atoms with van der Waals surface area (Å²) < 4.78 is 38.0. The lowest BCUT2D eigenvalue weighted by Crippen LogP contribution is -2.66. The molecule has 0 aliphatic carbocycles. The Morgan fingerprint density at radius 3 is 2.23 bits per heavy atom. The highest BCUT2D eigenvalue weighted by Gasteiger charge is 2.57. The Morgan fingerprint density at radius 2 is 1.64 bits per heavy atom. The van der Waals surface area contributed by atoms with Crippen molar-refractivity contribution in [2.45, 2.75) is 111 Å². The molecule has 0 aromatic rings. The normalized spacial score (nSPS) is 42.3. The Morgan fingerprint density at radius 1 is 0.979 bits per heavy atom. The summed E-state index contributed by atoms with van der Waals surface area (Å²) in [7, 11) is 1.12. The highest BCUT2D eigenvalue weighted by atomic mass is 16.8. The van der Waals surface area contributed by atoms with E-state index in [1.165, 1.54) is 0 Å². The predicted molar refractivity (Wildman–Crippen MR) is 146 cm³/mol. The number of rotatable bonds is 16. The van der Waals surface area contributed by atoms with Gasteiger partial charge in [-0.25, -0.2) is 4.79 Å². The summed E-state index contributed by atoms with van der Waals surface area (Å²) in [4.78, 5) is 15.0. The fraction of sp³-hybridized carbons (Fsp3) is 0.960. The molecule has 3 saturated heterocycles. The molecule has 0 unspecified atom stereocenters. The number of carbonyl (C=O) groups is 1. The van der Waals surface area contributed by atoms with E-state index in [1.54, 1.807) is 0 Å².